The summed E-state index contributed by atoms with van der Waals surface area (Å²) in [6.45, 7) is -0.407. The lowest BCUT2D eigenvalue weighted by Crippen LogP contribution is -2.21. The Balaban J connectivity index is 1.97. The number of benzene rings is 2. The minimum Gasteiger partial charge on any atom is -0.497 e. The molecule has 0 fully saturated rings. The van der Waals surface area contributed by atoms with Crippen molar-refractivity contribution in [3.63, 3.8) is 0 Å². The van der Waals surface area contributed by atoms with Crippen LogP contribution in [0.2, 0.25) is 0 Å². The lowest BCUT2D eigenvalue weighted by Gasteiger charge is -2.10. The van der Waals surface area contributed by atoms with Crippen LogP contribution >= 0.6 is 15.9 Å². The number of anilines is 1. The molecule has 0 aromatic heterocycles. The normalized spacial score (nSPS) is 9.96. The first-order valence-electron chi connectivity index (χ1n) is 6.98. The van der Waals surface area contributed by atoms with Crippen molar-refractivity contribution in [3.8, 4) is 11.5 Å². The number of nitrogens with one attached hydrogen (secondary N) is 1. The van der Waals surface area contributed by atoms with Crippen LogP contribution in [0.25, 0.3) is 0 Å². The number of carbonyl (C=O) groups excluding carboxylic acids is 2. The van der Waals surface area contributed by atoms with E-state index in [1.54, 1.807) is 36.4 Å². The standard InChI is InChI=1S/C17H16BrNO5/c1-22-13-7-8-15(23-2)14(9-13)17(21)24-10-16(20)19-12-5-3-11(18)4-6-12/h3-9H,10H2,1-2H3,(H,19,20). The van der Waals surface area contributed by atoms with Crippen molar-refractivity contribution < 1.29 is 23.8 Å². The van der Waals surface area contributed by atoms with Crippen molar-refractivity contribution in [2.24, 2.45) is 0 Å². The Morgan fingerprint density at radius 3 is 2.38 bits per heavy atom. The van der Waals surface area contributed by atoms with Crippen LogP contribution < -0.4 is 14.8 Å². The van der Waals surface area contributed by atoms with Gasteiger partial charge in [-0.25, -0.2) is 4.79 Å². The van der Waals surface area contributed by atoms with Crippen LogP contribution in [0.4, 0.5) is 5.69 Å². The predicted octanol–water partition coefficient (Wildman–Crippen LogP) is 3.26. The van der Waals surface area contributed by atoms with Crippen molar-refractivity contribution in [1.82, 2.24) is 0 Å². The van der Waals surface area contributed by atoms with Gasteiger partial charge in [-0.15, -0.1) is 0 Å². The molecule has 0 aliphatic rings. The number of rotatable bonds is 6. The zero-order chi connectivity index (χ0) is 17.5. The van der Waals surface area contributed by atoms with E-state index < -0.39 is 18.5 Å². The summed E-state index contributed by atoms with van der Waals surface area (Å²) in [7, 11) is 2.93. The van der Waals surface area contributed by atoms with Gasteiger partial charge in [0.1, 0.15) is 17.1 Å². The summed E-state index contributed by atoms with van der Waals surface area (Å²) in [6, 6.07) is 11.8. The van der Waals surface area contributed by atoms with E-state index >= 15 is 0 Å². The maximum absolute atomic E-state index is 12.2. The molecule has 0 bridgehead atoms. The summed E-state index contributed by atoms with van der Waals surface area (Å²) in [5.74, 6) is -0.277. The third-order valence-electron chi connectivity index (χ3n) is 3.09. The Morgan fingerprint density at radius 1 is 1.04 bits per heavy atom. The van der Waals surface area contributed by atoms with Gasteiger partial charge in [0.15, 0.2) is 6.61 Å². The number of amides is 1. The van der Waals surface area contributed by atoms with Crippen LogP contribution in [0, 0.1) is 0 Å². The Kier molecular flexibility index (Phi) is 6.20. The van der Waals surface area contributed by atoms with Crippen LogP contribution in [0.3, 0.4) is 0 Å². The average Bonchev–Trinajstić information content (AvgIpc) is 2.61. The van der Waals surface area contributed by atoms with Crippen LogP contribution in [0.15, 0.2) is 46.9 Å². The summed E-state index contributed by atoms with van der Waals surface area (Å²) in [6.07, 6.45) is 0. The van der Waals surface area contributed by atoms with E-state index in [1.807, 2.05) is 0 Å². The predicted molar refractivity (Wildman–Crippen MR) is 92.6 cm³/mol. The topological polar surface area (TPSA) is 73.9 Å². The van der Waals surface area contributed by atoms with Crippen LogP contribution in [-0.4, -0.2) is 32.7 Å². The number of hydrogen-bond acceptors (Lipinski definition) is 5. The number of esters is 1. The lowest BCUT2D eigenvalue weighted by atomic mass is 10.2. The largest absolute Gasteiger partial charge is 0.497 e. The summed E-state index contributed by atoms with van der Waals surface area (Å²) in [5.41, 5.74) is 0.798. The number of hydrogen-bond donors (Lipinski definition) is 1. The van der Waals surface area contributed by atoms with Crippen molar-refractivity contribution in [1.29, 1.82) is 0 Å². The fourth-order valence-corrected chi connectivity index (χ4v) is 2.18. The van der Waals surface area contributed by atoms with Gasteiger partial charge in [-0.1, -0.05) is 15.9 Å². The molecule has 0 aliphatic carbocycles. The highest BCUT2D eigenvalue weighted by atomic mass is 79.9. The highest BCUT2D eigenvalue weighted by Crippen LogP contribution is 2.24. The van der Waals surface area contributed by atoms with Crippen LogP contribution in [0.5, 0.6) is 11.5 Å². The molecule has 7 heteroatoms. The van der Waals surface area contributed by atoms with Crippen LogP contribution in [0.1, 0.15) is 10.4 Å². The molecule has 0 spiro atoms. The number of halogens is 1. The van der Waals surface area contributed by atoms with Gasteiger partial charge < -0.3 is 19.5 Å². The van der Waals surface area contributed by atoms with Crippen molar-refractivity contribution >= 4 is 33.5 Å². The van der Waals surface area contributed by atoms with Gasteiger partial charge in [-0.3, -0.25) is 4.79 Å². The molecule has 126 valence electrons. The molecule has 0 saturated carbocycles. The lowest BCUT2D eigenvalue weighted by molar-refractivity contribution is -0.119. The summed E-state index contributed by atoms with van der Waals surface area (Å²) in [5, 5.41) is 2.63. The molecular weight excluding hydrogens is 378 g/mol. The molecule has 2 aromatic carbocycles. The quantitative estimate of drug-likeness (QED) is 0.762. The van der Waals surface area contributed by atoms with E-state index in [2.05, 4.69) is 21.2 Å². The molecule has 0 atom stereocenters. The molecule has 0 unspecified atom stereocenters. The molecule has 0 saturated heterocycles. The smallest absolute Gasteiger partial charge is 0.342 e. The maximum atomic E-state index is 12.2. The fraction of sp³-hybridized carbons (Fsp3) is 0.176. The summed E-state index contributed by atoms with van der Waals surface area (Å²) < 4.78 is 16.1. The molecule has 0 aliphatic heterocycles. The molecule has 1 amide bonds. The van der Waals surface area contributed by atoms with Crippen LogP contribution in [-0.2, 0) is 9.53 Å². The molecule has 0 radical (unpaired) electrons. The second-order valence-corrected chi connectivity index (χ2v) is 5.61. The zero-order valence-electron chi connectivity index (χ0n) is 13.2. The highest BCUT2D eigenvalue weighted by molar-refractivity contribution is 9.10. The second-order valence-electron chi connectivity index (χ2n) is 4.70. The van der Waals surface area contributed by atoms with Crippen molar-refractivity contribution in [2.75, 3.05) is 26.1 Å². The summed E-state index contributed by atoms with van der Waals surface area (Å²) >= 11 is 3.31. The van der Waals surface area contributed by atoms with E-state index in [1.165, 1.54) is 20.3 Å². The van der Waals surface area contributed by atoms with Crippen molar-refractivity contribution in [2.45, 2.75) is 0 Å². The van der Waals surface area contributed by atoms with E-state index in [0.717, 1.165) is 4.47 Å². The third-order valence-corrected chi connectivity index (χ3v) is 3.62. The van der Waals surface area contributed by atoms with E-state index in [4.69, 9.17) is 14.2 Å². The highest BCUT2D eigenvalue weighted by Gasteiger charge is 2.16. The second kappa shape index (κ2) is 8.35. The number of methoxy groups -OCH3 is 2. The van der Waals surface area contributed by atoms with Gasteiger partial charge in [0.2, 0.25) is 0 Å². The molecule has 2 aromatic rings. The molecule has 2 rings (SSSR count). The third kappa shape index (κ3) is 4.73. The van der Waals surface area contributed by atoms with E-state index in [-0.39, 0.29) is 5.56 Å². The maximum Gasteiger partial charge on any atom is 0.342 e. The molecule has 0 heterocycles. The SMILES string of the molecule is COc1ccc(OC)c(C(=O)OCC(=O)Nc2ccc(Br)cc2)c1. The Labute approximate surface area is 147 Å². The summed E-state index contributed by atoms with van der Waals surface area (Å²) in [4.78, 5) is 24.0. The zero-order valence-corrected chi connectivity index (χ0v) is 14.8. The first-order valence-corrected chi connectivity index (χ1v) is 7.77. The molecule has 6 nitrogen and oxygen atoms in total. The van der Waals surface area contributed by atoms with E-state index in [0.29, 0.717) is 17.2 Å². The number of carbonyl (C=O) groups is 2. The Hall–Kier alpha value is -2.54. The average molecular weight is 394 g/mol. The molecular formula is C17H16BrNO5. The minimum atomic E-state index is -0.670. The molecule has 1 N–H and O–H groups in total. The van der Waals surface area contributed by atoms with E-state index in [9.17, 15) is 9.59 Å². The Bertz CT molecular complexity index is 730. The van der Waals surface area contributed by atoms with Crippen molar-refractivity contribution in [3.05, 3.63) is 52.5 Å². The van der Waals surface area contributed by atoms with Gasteiger partial charge >= 0.3 is 5.97 Å². The van der Waals surface area contributed by atoms with Gasteiger partial charge in [0, 0.05) is 10.2 Å². The minimum absolute atomic E-state index is 0.188. The first-order chi connectivity index (χ1) is 11.5. The fourth-order valence-electron chi connectivity index (χ4n) is 1.91. The monoisotopic (exact) mass is 393 g/mol. The van der Waals surface area contributed by atoms with Gasteiger partial charge in [-0.05, 0) is 42.5 Å². The Morgan fingerprint density at radius 2 is 1.75 bits per heavy atom. The van der Waals surface area contributed by atoms with Gasteiger partial charge in [0.05, 0.1) is 14.2 Å². The van der Waals surface area contributed by atoms with Gasteiger partial charge in [0.25, 0.3) is 5.91 Å². The number of ether oxygens (including phenoxy) is 3. The van der Waals surface area contributed by atoms with Gasteiger partial charge in [-0.2, -0.15) is 0 Å². The first kappa shape index (κ1) is 17.8. The molecule has 24 heavy (non-hydrogen) atoms.